The molecule has 0 saturated carbocycles. The average molecular weight is 288 g/mol. The van der Waals surface area contributed by atoms with Crippen LogP contribution in [0.15, 0.2) is 18.2 Å². The van der Waals surface area contributed by atoms with E-state index in [0.29, 0.717) is 19.8 Å². The van der Waals surface area contributed by atoms with E-state index >= 15 is 0 Å². The summed E-state index contributed by atoms with van der Waals surface area (Å²) in [5.74, 6) is 1.55. The molecule has 0 aliphatic carbocycles. The Morgan fingerprint density at radius 3 is 2.81 bits per heavy atom. The van der Waals surface area contributed by atoms with Gasteiger partial charge in [0, 0.05) is 18.7 Å². The summed E-state index contributed by atoms with van der Waals surface area (Å²) in [4.78, 5) is 2.23. The molecule has 2 aliphatic rings. The molecule has 5 nitrogen and oxygen atoms in total. The number of hydrogen-bond donors (Lipinski definition) is 0. The van der Waals surface area contributed by atoms with Gasteiger partial charge < -0.3 is 14.2 Å². The fraction of sp³-hybridized carbons (Fsp3) is 0.562. The highest BCUT2D eigenvalue weighted by Gasteiger charge is 2.43. The minimum absolute atomic E-state index is 0.646. The van der Waals surface area contributed by atoms with E-state index in [0.717, 1.165) is 43.0 Å². The highest BCUT2D eigenvalue weighted by atomic mass is 16.5. The molecule has 1 aromatic carbocycles. The Balaban J connectivity index is 2.09. The zero-order valence-corrected chi connectivity index (χ0v) is 12.3. The second kappa shape index (κ2) is 5.92. The van der Waals surface area contributed by atoms with E-state index in [2.05, 4.69) is 11.0 Å². The van der Waals surface area contributed by atoms with E-state index in [9.17, 15) is 5.26 Å². The lowest BCUT2D eigenvalue weighted by molar-refractivity contribution is -0.00767. The number of methoxy groups -OCH3 is 1. The summed E-state index contributed by atoms with van der Waals surface area (Å²) in [6.07, 6.45) is 1.63. The zero-order valence-electron chi connectivity index (χ0n) is 12.3. The van der Waals surface area contributed by atoms with E-state index < -0.39 is 5.54 Å². The molecule has 1 unspecified atom stereocenters. The van der Waals surface area contributed by atoms with Crippen LogP contribution in [0.1, 0.15) is 18.4 Å². The number of ether oxygens (including phenoxy) is 3. The van der Waals surface area contributed by atoms with Crippen LogP contribution < -0.4 is 9.47 Å². The lowest BCUT2D eigenvalue weighted by Crippen LogP contribution is -2.50. The first kappa shape index (κ1) is 14.2. The van der Waals surface area contributed by atoms with Crippen LogP contribution in [0.25, 0.3) is 0 Å². The number of nitriles is 1. The van der Waals surface area contributed by atoms with Crippen LogP contribution in [0, 0.1) is 11.3 Å². The molecule has 0 amide bonds. The third kappa shape index (κ3) is 2.45. The number of hydrogen-bond acceptors (Lipinski definition) is 5. The Kier molecular flexibility index (Phi) is 4.00. The molecular formula is C16H20N2O3. The lowest BCUT2D eigenvalue weighted by atomic mass is 9.84. The Morgan fingerprint density at radius 1 is 1.29 bits per heavy atom. The highest BCUT2D eigenvalue weighted by molar-refractivity contribution is 5.48. The van der Waals surface area contributed by atoms with Crippen molar-refractivity contribution in [2.75, 3.05) is 40.0 Å². The van der Waals surface area contributed by atoms with Crippen LogP contribution in [0.2, 0.25) is 0 Å². The Bertz CT molecular complexity index is 549. The van der Waals surface area contributed by atoms with Gasteiger partial charge in [-0.25, -0.2) is 0 Å². The number of nitrogens with zero attached hydrogens (tertiary/aromatic N) is 2. The van der Waals surface area contributed by atoms with Crippen LogP contribution in [0.4, 0.5) is 0 Å². The Labute approximate surface area is 125 Å². The van der Waals surface area contributed by atoms with Crippen LogP contribution in [0.3, 0.4) is 0 Å². The van der Waals surface area contributed by atoms with Crippen molar-refractivity contribution in [2.45, 2.75) is 18.4 Å². The van der Waals surface area contributed by atoms with Crippen molar-refractivity contribution in [3.8, 4) is 17.6 Å². The molecule has 21 heavy (non-hydrogen) atoms. The van der Waals surface area contributed by atoms with Crippen molar-refractivity contribution in [3.05, 3.63) is 23.8 Å². The maximum absolute atomic E-state index is 10.0. The van der Waals surface area contributed by atoms with Crippen LogP contribution >= 0.6 is 0 Å². The van der Waals surface area contributed by atoms with Gasteiger partial charge in [-0.05, 0) is 31.0 Å². The fourth-order valence-corrected chi connectivity index (χ4v) is 3.19. The average Bonchev–Trinajstić information content (AvgIpc) is 2.75. The van der Waals surface area contributed by atoms with E-state index in [1.807, 2.05) is 18.2 Å². The van der Waals surface area contributed by atoms with Crippen LogP contribution in [0.5, 0.6) is 11.5 Å². The van der Waals surface area contributed by atoms with Gasteiger partial charge >= 0.3 is 0 Å². The molecule has 0 bridgehead atoms. The maximum Gasteiger partial charge on any atom is 0.138 e. The molecule has 3 rings (SSSR count). The third-order valence-electron chi connectivity index (χ3n) is 4.31. The smallest absolute Gasteiger partial charge is 0.138 e. The second-order valence-electron chi connectivity index (χ2n) is 5.39. The van der Waals surface area contributed by atoms with E-state index in [1.165, 1.54) is 0 Å². The first-order valence-corrected chi connectivity index (χ1v) is 7.35. The van der Waals surface area contributed by atoms with Gasteiger partial charge in [0.25, 0.3) is 0 Å². The molecule has 1 fully saturated rings. The summed E-state index contributed by atoms with van der Waals surface area (Å²) in [5, 5.41) is 10.0. The molecule has 2 heterocycles. The van der Waals surface area contributed by atoms with Crippen molar-refractivity contribution < 1.29 is 14.2 Å². The van der Waals surface area contributed by atoms with Crippen molar-refractivity contribution in [3.63, 3.8) is 0 Å². The van der Waals surface area contributed by atoms with Crippen LogP contribution in [-0.2, 0) is 10.3 Å². The predicted molar refractivity (Wildman–Crippen MR) is 77.4 cm³/mol. The van der Waals surface area contributed by atoms with Gasteiger partial charge in [0.1, 0.15) is 17.0 Å². The standard InChI is InChI=1S/C16H20N2O3/c1-19-13-3-4-15-14(11-13)16(12-17,5-2-8-21-15)18-6-9-20-10-7-18/h3-4,11H,2,5-10H2,1H3. The summed E-state index contributed by atoms with van der Waals surface area (Å²) in [7, 11) is 1.64. The number of fused-ring (bicyclic) bond motifs is 1. The quantitative estimate of drug-likeness (QED) is 0.832. The molecule has 2 aliphatic heterocycles. The molecule has 1 atom stereocenters. The normalized spacial score (nSPS) is 26.1. The summed E-state index contributed by atoms with van der Waals surface area (Å²) < 4.78 is 16.6. The number of morpholine rings is 1. The highest BCUT2D eigenvalue weighted by Crippen LogP contribution is 2.42. The minimum atomic E-state index is -0.649. The summed E-state index contributed by atoms with van der Waals surface area (Å²) in [5.41, 5.74) is 0.271. The first-order valence-electron chi connectivity index (χ1n) is 7.35. The number of benzene rings is 1. The Hall–Kier alpha value is -1.77. The maximum atomic E-state index is 10.0. The van der Waals surface area contributed by atoms with Gasteiger partial charge in [0.2, 0.25) is 0 Å². The fourth-order valence-electron chi connectivity index (χ4n) is 3.19. The lowest BCUT2D eigenvalue weighted by Gasteiger charge is -2.40. The summed E-state index contributed by atoms with van der Waals surface area (Å²) in [6, 6.07) is 8.30. The molecule has 5 heteroatoms. The Morgan fingerprint density at radius 2 is 2.10 bits per heavy atom. The van der Waals surface area contributed by atoms with Gasteiger partial charge in [0.05, 0.1) is 33.0 Å². The molecule has 112 valence electrons. The third-order valence-corrected chi connectivity index (χ3v) is 4.31. The predicted octanol–water partition coefficient (Wildman–Crippen LogP) is 1.92. The van der Waals surface area contributed by atoms with Gasteiger partial charge in [-0.1, -0.05) is 0 Å². The molecule has 1 saturated heterocycles. The summed E-state index contributed by atoms with van der Waals surface area (Å²) in [6.45, 7) is 3.52. The zero-order chi connectivity index (χ0) is 14.7. The van der Waals surface area contributed by atoms with Gasteiger partial charge in [0.15, 0.2) is 0 Å². The van der Waals surface area contributed by atoms with Crippen molar-refractivity contribution in [1.82, 2.24) is 4.90 Å². The van der Waals surface area contributed by atoms with Gasteiger partial charge in [-0.15, -0.1) is 0 Å². The van der Waals surface area contributed by atoms with Crippen molar-refractivity contribution in [1.29, 1.82) is 5.26 Å². The first-order chi connectivity index (χ1) is 10.3. The SMILES string of the molecule is COc1ccc2c(c1)C(C#N)(N1CCOCC1)CCCO2. The monoisotopic (exact) mass is 288 g/mol. The van der Waals surface area contributed by atoms with Crippen molar-refractivity contribution >= 4 is 0 Å². The van der Waals surface area contributed by atoms with Gasteiger partial charge in [-0.2, -0.15) is 5.26 Å². The van der Waals surface area contributed by atoms with E-state index in [-0.39, 0.29) is 0 Å². The minimum Gasteiger partial charge on any atom is -0.497 e. The molecule has 0 N–H and O–H groups in total. The molecule has 1 aromatic rings. The van der Waals surface area contributed by atoms with E-state index in [4.69, 9.17) is 14.2 Å². The molecule has 0 radical (unpaired) electrons. The molecule has 0 spiro atoms. The largest absolute Gasteiger partial charge is 0.497 e. The molecule has 0 aromatic heterocycles. The van der Waals surface area contributed by atoms with Gasteiger partial charge in [-0.3, -0.25) is 4.90 Å². The second-order valence-corrected chi connectivity index (χ2v) is 5.39. The number of rotatable bonds is 2. The topological polar surface area (TPSA) is 54.7 Å². The summed E-state index contributed by atoms with van der Waals surface area (Å²) >= 11 is 0. The van der Waals surface area contributed by atoms with Crippen LogP contribution in [-0.4, -0.2) is 44.9 Å². The van der Waals surface area contributed by atoms with E-state index in [1.54, 1.807) is 7.11 Å². The molecular weight excluding hydrogens is 268 g/mol. The van der Waals surface area contributed by atoms with Crippen molar-refractivity contribution in [2.24, 2.45) is 0 Å².